The van der Waals surface area contributed by atoms with Gasteiger partial charge in [0.25, 0.3) is 0 Å². The van der Waals surface area contributed by atoms with E-state index in [1.165, 1.54) is 0 Å². The van der Waals surface area contributed by atoms with Crippen molar-refractivity contribution in [1.29, 1.82) is 0 Å². The minimum atomic E-state index is -4.88. The monoisotopic (exact) mass is 402 g/mol. The number of piperidine rings is 1. The third kappa shape index (κ3) is 4.21. The molecule has 2 heterocycles. The Morgan fingerprint density at radius 1 is 1.39 bits per heavy atom. The van der Waals surface area contributed by atoms with Gasteiger partial charge in [0.1, 0.15) is 11.4 Å². The zero-order valence-electron chi connectivity index (χ0n) is 15.5. The smallest absolute Gasteiger partial charge is 0.388 e. The van der Waals surface area contributed by atoms with Gasteiger partial charge in [-0.05, 0) is 50.4 Å². The first-order valence-corrected chi connectivity index (χ1v) is 9.14. The molecule has 2 aromatic rings. The molecule has 3 N–H and O–H groups in total. The normalized spacial score (nSPS) is 21.5. The van der Waals surface area contributed by atoms with Gasteiger partial charge in [-0.1, -0.05) is 13.3 Å². The van der Waals surface area contributed by atoms with Crippen LogP contribution in [0.15, 0.2) is 21.3 Å². The number of nitrogens with zero attached hydrogens (tertiary/aromatic N) is 1. The first-order chi connectivity index (χ1) is 13.2. The predicted molar refractivity (Wildman–Crippen MR) is 95.4 cm³/mol. The second kappa shape index (κ2) is 7.94. The largest absolute Gasteiger partial charge is 0.434 e. The minimum absolute atomic E-state index is 0.0593. The van der Waals surface area contributed by atoms with Crippen LogP contribution in [0.3, 0.4) is 0 Å². The average Bonchev–Trinajstić information content (AvgIpc) is 3.06. The van der Waals surface area contributed by atoms with E-state index in [1.807, 2.05) is 12.0 Å². The van der Waals surface area contributed by atoms with Gasteiger partial charge in [-0.25, -0.2) is 14.3 Å². The maximum atomic E-state index is 14.4. The van der Waals surface area contributed by atoms with Crippen LogP contribution in [-0.2, 0) is 6.18 Å². The first kappa shape index (κ1) is 20.4. The Bertz CT molecular complexity index is 877. The second-order valence-corrected chi connectivity index (χ2v) is 7.05. The van der Waals surface area contributed by atoms with E-state index in [0.717, 1.165) is 32.0 Å². The number of aromatic amines is 1. The van der Waals surface area contributed by atoms with E-state index in [4.69, 9.17) is 4.42 Å². The standard InChI is InChI=1S/C18H22F4N4O2/c1-3-10-8-23-5-4-12(10)9(2)24-14-7-11(16-25-26-17(27)28-16)6-13(19)15(14)18(20,21)22/h6-7,9-10,12,23-24H,3-5,8H2,1-2H3,(H,26,27)/t9-,10+,12+/m0/s1. The maximum absolute atomic E-state index is 14.4. The third-order valence-electron chi connectivity index (χ3n) is 5.28. The summed E-state index contributed by atoms with van der Waals surface area (Å²) in [6.07, 6.45) is -3.18. The fraction of sp³-hybridized carbons (Fsp3) is 0.556. The van der Waals surface area contributed by atoms with Crippen molar-refractivity contribution in [3.63, 3.8) is 0 Å². The van der Waals surface area contributed by atoms with Gasteiger partial charge >= 0.3 is 11.9 Å². The molecule has 154 valence electrons. The molecular formula is C18H22F4N4O2. The highest BCUT2D eigenvalue weighted by Crippen LogP contribution is 2.40. The predicted octanol–water partition coefficient (Wildman–Crippen LogP) is 3.62. The van der Waals surface area contributed by atoms with Gasteiger partial charge in [0.2, 0.25) is 5.89 Å². The van der Waals surface area contributed by atoms with E-state index in [1.54, 1.807) is 6.92 Å². The summed E-state index contributed by atoms with van der Waals surface area (Å²) < 4.78 is 59.7. The summed E-state index contributed by atoms with van der Waals surface area (Å²) in [6.45, 7) is 5.43. The molecular weight excluding hydrogens is 380 g/mol. The Morgan fingerprint density at radius 3 is 2.75 bits per heavy atom. The zero-order chi connectivity index (χ0) is 20.5. The quantitative estimate of drug-likeness (QED) is 0.666. The number of rotatable bonds is 5. The van der Waals surface area contributed by atoms with Gasteiger partial charge < -0.3 is 15.1 Å². The molecule has 0 amide bonds. The summed E-state index contributed by atoms with van der Waals surface area (Å²) in [5.74, 6) is -2.16. The molecule has 1 saturated heterocycles. The lowest BCUT2D eigenvalue weighted by atomic mass is 9.80. The van der Waals surface area contributed by atoms with E-state index < -0.39 is 29.0 Å². The van der Waals surface area contributed by atoms with E-state index in [0.29, 0.717) is 12.0 Å². The number of hydrogen-bond donors (Lipinski definition) is 3. The molecule has 6 nitrogen and oxygen atoms in total. The molecule has 1 aliphatic heterocycles. The molecule has 0 bridgehead atoms. The van der Waals surface area contributed by atoms with E-state index in [9.17, 15) is 22.4 Å². The summed E-state index contributed by atoms with van der Waals surface area (Å²) in [4.78, 5) is 11.1. The highest BCUT2D eigenvalue weighted by molar-refractivity contribution is 5.66. The number of halogens is 4. The van der Waals surface area contributed by atoms with Crippen LogP contribution in [0.1, 0.15) is 32.3 Å². The molecule has 0 radical (unpaired) electrons. The average molecular weight is 402 g/mol. The second-order valence-electron chi connectivity index (χ2n) is 7.05. The fourth-order valence-corrected chi connectivity index (χ4v) is 3.89. The molecule has 0 aliphatic carbocycles. The molecule has 0 saturated carbocycles. The van der Waals surface area contributed by atoms with Gasteiger partial charge in [-0.3, -0.25) is 0 Å². The Morgan fingerprint density at radius 2 is 2.14 bits per heavy atom. The molecule has 10 heteroatoms. The number of alkyl halides is 3. The van der Waals surface area contributed by atoms with Crippen LogP contribution in [0.5, 0.6) is 0 Å². The molecule has 3 rings (SSSR count). The minimum Gasteiger partial charge on any atom is -0.388 e. The lowest BCUT2D eigenvalue weighted by molar-refractivity contribution is -0.139. The SMILES string of the molecule is CC[C@@H]1CNCC[C@@H]1[C@H](C)Nc1cc(-c2n[nH]c(=O)o2)cc(F)c1C(F)(F)F. The molecule has 28 heavy (non-hydrogen) atoms. The van der Waals surface area contributed by atoms with Crippen molar-refractivity contribution >= 4 is 5.69 Å². The Labute approximate surface area is 158 Å². The van der Waals surface area contributed by atoms with Crippen LogP contribution in [-0.4, -0.2) is 29.3 Å². The van der Waals surface area contributed by atoms with Crippen molar-refractivity contribution in [3.05, 3.63) is 34.1 Å². The van der Waals surface area contributed by atoms with Gasteiger partial charge in [-0.15, -0.1) is 5.10 Å². The highest BCUT2D eigenvalue weighted by Gasteiger charge is 2.39. The number of aromatic nitrogens is 2. The fourth-order valence-electron chi connectivity index (χ4n) is 3.89. The van der Waals surface area contributed by atoms with Crippen LogP contribution in [0.2, 0.25) is 0 Å². The van der Waals surface area contributed by atoms with Gasteiger partial charge in [-0.2, -0.15) is 13.2 Å². The molecule has 3 atom stereocenters. The van der Waals surface area contributed by atoms with Crippen molar-refractivity contribution in [1.82, 2.24) is 15.5 Å². The summed E-state index contributed by atoms with van der Waals surface area (Å²) >= 11 is 0. The molecule has 1 fully saturated rings. The topological polar surface area (TPSA) is 83.0 Å². The van der Waals surface area contributed by atoms with Crippen molar-refractivity contribution < 1.29 is 22.0 Å². The van der Waals surface area contributed by atoms with Crippen molar-refractivity contribution in [2.75, 3.05) is 18.4 Å². The van der Waals surface area contributed by atoms with Crippen LogP contribution in [0, 0.1) is 17.7 Å². The van der Waals surface area contributed by atoms with Crippen LogP contribution in [0.4, 0.5) is 23.2 Å². The maximum Gasteiger partial charge on any atom is 0.434 e. The molecule has 0 unspecified atom stereocenters. The van der Waals surface area contributed by atoms with E-state index in [-0.39, 0.29) is 23.4 Å². The lowest BCUT2D eigenvalue weighted by Gasteiger charge is -2.37. The number of hydrogen-bond acceptors (Lipinski definition) is 5. The number of benzene rings is 1. The van der Waals surface area contributed by atoms with Crippen molar-refractivity contribution in [3.8, 4) is 11.5 Å². The Balaban J connectivity index is 1.99. The lowest BCUT2D eigenvalue weighted by Crippen LogP contribution is -2.43. The highest BCUT2D eigenvalue weighted by atomic mass is 19.4. The zero-order valence-corrected chi connectivity index (χ0v) is 15.5. The molecule has 1 aromatic carbocycles. The third-order valence-corrected chi connectivity index (χ3v) is 5.28. The van der Waals surface area contributed by atoms with Crippen molar-refractivity contribution in [2.45, 2.75) is 38.9 Å². The molecule has 0 spiro atoms. The number of anilines is 1. The molecule has 1 aliphatic rings. The van der Waals surface area contributed by atoms with E-state index in [2.05, 4.69) is 15.7 Å². The summed E-state index contributed by atoms with van der Waals surface area (Å²) in [7, 11) is 0. The van der Waals surface area contributed by atoms with Gasteiger partial charge in [0.05, 0.1) is 5.69 Å². The first-order valence-electron chi connectivity index (χ1n) is 9.14. The van der Waals surface area contributed by atoms with Crippen LogP contribution >= 0.6 is 0 Å². The van der Waals surface area contributed by atoms with Gasteiger partial charge in [0.15, 0.2) is 0 Å². The van der Waals surface area contributed by atoms with Crippen molar-refractivity contribution in [2.24, 2.45) is 11.8 Å². The van der Waals surface area contributed by atoms with E-state index >= 15 is 0 Å². The summed E-state index contributed by atoms with van der Waals surface area (Å²) in [6, 6.07) is 1.47. The Hall–Kier alpha value is -2.36. The summed E-state index contributed by atoms with van der Waals surface area (Å²) in [5, 5.41) is 11.7. The number of H-pyrrole nitrogens is 1. The van der Waals surface area contributed by atoms with Crippen LogP contribution in [0.25, 0.3) is 11.5 Å². The number of nitrogens with one attached hydrogen (secondary N) is 3. The summed E-state index contributed by atoms with van der Waals surface area (Å²) in [5.41, 5.74) is -1.83. The Kier molecular flexibility index (Phi) is 5.78. The van der Waals surface area contributed by atoms with Gasteiger partial charge in [0, 0.05) is 11.6 Å². The molecule has 1 aromatic heterocycles. The van der Waals surface area contributed by atoms with Crippen LogP contribution < -0.4 is 16.4 Å².